The SMILES string of the molecule is CNC(C)c1ncc(-c2cc(Cl)ccc2OC)o1. The molecule has 0 amide bonds. The van der Waals surface area contributed by atoms with Gasteiger partial charge in [0.2, 0.25) is 5.89 Å². The highest BCUT2D eigenvalue weighted by Crippen LogP contribution is 2.33. The third-order valence-corrected chi connectivity index (χ3v) is 2.99. The zero-order valence-corrected chi connectivity index (χ0v) is 11.3. The normalized spacial score (nSPS) is 12.4. The molecule has 2 rings (SSSR count). The van der Waals surface area contributed by atoms with E-state index in [0.29, 0.717) is 22.4 Å². The van der Waals surface area contributed by atoms with Crippen LogP contribution in [-0.4, -0.2) is 19.1 Å². The lowest BCUT2D eigenvalue weighted by Gasteiger charge is -2.07. The lowest BCUT2D eigenvalue weighted by molar-refractivity contribution is 0.410. The van der Waals surface area contributed by atoms with Crippen molar-refractivity contribution < 1.29 is 9.15 Å². The molecule has 0 fully saturated rings. The lowest BCUT2D eigenvalue weighted by atomic mass is 10.1. The van der Waals surface area contributed by atoms with Gasteiger partial charge in [0.25, 0.3) is 0 Å². The molecule has 5 heteroatoms. The van der Waals surface area contributed by atoms with E-state index < -0.39 is 0 Å². The fourth-order valence-electron chi connectivity index (χ4n) is 1.61. The first-order valence-electron chi connectivity index (χ1n) is 5.62. The number of ether oxygens (including phenoxy) is 1. The molecule has 0 aliphatic rings. The van der Waals surface area contributed by atoms with Gasteiger partial charge in [-0.05, 0) is 32.2 Å². The number of hydrogen-bond donors (Lipinski definition) is 1. The van der Waals surface area contributed by atoms with E-state index in [4.69, 9.17) is 20.8 Å². The highest BCUT2D eigenvalue weighted by Gasteiger charge is 2.14. The van der Waals surface area contributed by atoms with Crippen LogP contribution in [0, 0.1) is 0 Å². The maximum atomic E-state index is 5.99. The second-order valence-electron chi connectivity index (χ2n) is 3.92. The average molecular weight is 267 g/mol. The zero-order valence-electron chi connectivity index (χ0n) is 10.5. The highest BCUT2D eigenvalue weighted by atomic mass is 35.5. The minimum atomic E-state index is 0.0592. The Morgan fingerprint density at radius 2 is 2.22 bits per heavy atom. The van der Waals surface area contributed by atoms with E-state index >= 15 is 0 Å². The van der Waals surface area contributed by atoms with Crippen molar-refractivity contribution in [1.82, 2.24) is 10.3 Å². The summed E-state index contributed by atoms with van der Waals surface area (Å²) in [6, 6.07) is 5.44. The minimum absolute atomic E-state index is 0.0592. The molecular weight excluding hydrogens is 252 g/mol. The first-order chi connectivity index (χ1) is 8.65. The third kappa shape index (κ3) is 2.49. The Hall–Kier alpha value is -1.52. The van der Waals surface area contributed by atoms with E-state index in [0.717, 1.165) is 5.56 Å². The Morgan fingerprint density at radius 3 is 2.89 bits per heavy atom. The van der Waals surface area contributed by atoms with Gasteiger partial charge in [-0.25, -0.2) is 4.98 Å². The third-order valence-electron chi connectivity index (χ3n) is 2.75. The van der Waals surface area contributed by atoms with Gasteiger partial charge in [-0.15, -0.1) is 0 Å². The van der Waals surface area contributed by atoms with Crippen LogP contribution in [0.25, 0.3) is 11.3 Å². The van der Waals surface area contributed by atoms with Crippen molar-refractivity contribution in [3.63, 3.8) is 0 Å². The van der Waals surface area contributed by atoms with Crippen LogP contribution in [0.1, 0.15) is 18.9 Å². The summed E-state index contributed by atoms with van der Waals surface area (Å²) in [7, 11) is 3.47. The van der Waals surface area contributed by atoms with Crippen molar-refractivity contribution in [2.45, 2.75) is 13.0 Å². The molecule has 0 bridgehead atoms. The smallest absolute Gasteiger partial charge is 0.211 e. The number of oxazole rings is 1. The van der Waals surface area contributed by atoms with Crippen LogP contribution in [0.15, 0.2) is 28.8 Å². The van der Waals surface area contributed by atoms with Crippen LogP contribution in [0.5, 0.6) is 5.75 Å². The van der Waals surface area contributed by atoms with Gasteiger partial charge in [-0.1, -0.05) is 11.6 Å². The van der Waals surface area contributed by atoms with Gasteiger partial charge in [0.15, 0.2) is 5.76 Å². The van der Waals surface area contributed by atoms with E-state index in [9.17, 15) is 0 Å². The Labute approximate surface area is 111 Å². The summed E-state index contributed by atoms with van der Waals surface area (Å²) in [5.41, 5.74) is 0.798. The standard InChI is InChI=1S/C13H15ClN2O2/c1-8(15-2)13-16-7-12(18-13)10-6-9(14)4-5-11(10)17-3/h4-8,15H,1-3H3. The molecule has 1 unspecified atom stereocenters. The minimum Gasteiger partial charge on any atom is -0.496 e. The first-order valence-corrected chi connectivity index (χ1v) is 6.00. The Bertz CT molecular complexity index is 540. The summed E-state index contributed by atoms with van der Waals surface area (Å²) < 4.78 is 11.0. The molecule has 1 aromatic heterocycles. The molecule has 1 N–H and O–H groups in total. The highest BCUT2D eigenvalue weighted by molar-refractivity contribution is 6.30. The molecule has 96 valence electrons. The van der Waals surface area contributed by atoms with Crippen molar-refractivity contribution in [3.8, 4) is 17.1 Å². The fraction of sp³-hybridized carbons (Fsp3) is 0.308. The number of aromatic nitrogens is 1. The summed E-state index contributed by atoms with van der Waals surface area (Å²) in [6.07, 6.45) is 1.68. The van der Waals surface area contributed by atoms with Gasteiger partial charge in [0.05, 0.1) is 24.9 Å². The number of benzene rings is 1. The topological polar surface area (TPSA) is 47.3 Å². The number of hydrogen-bond acceptors (Lipinski definition) is 4. The van der Waals surface area contributed by atoms with Gasteiger partial charge in [0.1, 0.15) is 5.75 Å². The molecule has 0 radical (unpaired) electrons. The molecule has 0 aliphatic heterocycles. The summed E-state index contributed by atoms with van der Waals surface area (Å²) in [6.45, 7) is 1.98. The van der Waals surface area contributed by atoms with Crippen molar-refractivity contribution in [2.75, 3.05) is 14.2 Å². The molecule has 1 aromatic carbocycles. The van der Waals surface area contributed by atoms with Gasteiger partial charge in [-0.3, -0.25) is 0 Å². The summed E-state index contributed by atoms with van der Waals surface area (Å²) >= 11 is 5.99. The van der Waals surface area contributed by atoms with Gasteiger partial charge < -0.3 is 14.5 Å². The van der Waals surface area contributed by atoms with Crippen LogP contribution in [0.4, 0.5) is 0 Å². The summed E-state index contributed by atoms with van der Waals surface area (Å²) in [4.78, 5) is 4.24. The van der Waals surface area contributed by atoms with Crippen LogP contribution >= 0.6 is 11.6 Å². The monoisotopic (exact) mass is 266 g/mol. The van der Waals surface area contributed by atoms with Crippen molar-refractivity contribution in [1.29, 1.82) is 0 Å². The van der Waals surface area contributed by atoms with Crippen molar-refractivity contribution in [3.05, 3.63) is 35.3 Å². The lowest BCUT2D eigenvalue weighted by Crippen LogP contribution is -2.12. The van der Waals surface area contributed by atoms with Gasteiger partial charge >= 0.3 is 0 Å². The predicted octanol–water partition coefficient (Wildman–Crippen LogP) is 3.28. The Balaban J connectivity index is 2.42. The van der Waals surface area contributed by atoms with Crippen molar-refractivity contribution >= 4 is 11.6 Å². The zero-order chi connectivity index (χ0) is 13.1. The fourth-order valence-corrected chi connectivity index (χ4v) is 1.78. The molecule has 1 atom stereocenters. The number of nitrogens with one attached hydrogen (secondary N) is 1. The number of halogens is 1. The molecule has 4 nitrogen and oxygen atoms in total. The quantitative estimate of drug-likeness (QED) is 0.923. The maximum absolute atomic E-state index is 5.99. The van der Waals surface area contributed by atoms with Gasteiger partial charge in [0, 0.05) is 5.02 Å². The molecule has 0 saturated carbocycles. The summed E-state index contributed by atoms with van der Waals surface area (Å²) in [5, 5.41) is 3.70. The van der Waals surface area contributed by atoms with E-state index in [-0.39, 0.29) is 6.04 Å². The van der Waals surface area contributed by atoms with Gasteiger partial charge in [-0.2, -0.15) is 0 Å². The molecule has 1 heterocycles. The Morgan fingerprint density at radius 1 is 1.44 bits per heavy atom. The molecule has 0 saturated heterocycles. The number of nitrogens with zero attached hydrogens (tertiary/aromatic N) is 1. The van der Waals surface area contributed by atoms with Crippen molar-refractivity contribution in [2.24, 2.45) is 0 Å². The van der Waals surface area contributed by atoms with E-state index in [1.807, 2.05) is 14.0 Å². The second-order valence-corrected chi connectivity index (χ2v) is 4.35. The van der Waals surface area contributed by atoms with Crippen LogP contribution in [-0.2, 0) is 0 Å². The van der Waals surface area contributed by atoms with Crippen LogP contribution in [0.2, 0.25) is 5.02 Å². The van der Waals surface area contributed by atoms with E-state index in [2.05, 4.69) is 10.3 Å². The second kappa shape index (κ2) is 5.42. The number of methoxy groups -OCH3 is 1. The molecule has 0 spiro atoms. The summed E-state index contributed by atoms with van der Waals surface area (Å²) in [5.74, 6) is 1.99. The van der Waals surface area contributed by atoms with Crippen LogP contribution < -0.4 is 10.1 Å². The maximum Gasteiger partial charge on any atom is 0.211 e. The van der Waals surface area contributed by atoms with E-state index in [1.165, 1.54) is 0 Å². The largest absolute Gasteiger partial charge is 0.496 e. The first kappa shape index (κ1) is 12.9. The Kier molecular flexibility index (Phi) is 3.89. The molecular formula is C13H15ClN2O2. The molecule has 18 heavy (non-hydrogen) atoms. The van der Waals surface area contributed by atoms with E-state index in [1.54, 1.807) is 31.5 Å². The number of rotatable bonds is 4. The molecule has 2 aromatic rings. The average Bonchev–Trinajstić information content (AvgIpc) is 2.87. The molecule has 0 aliphatic carbocycles. The predicted molar refractivity (Wildman–Crippen MR) is 71.0 cm³/mol. The van der Waals surface area contributed by atoms with Crippen LogP contribution in [0.3, 0.4) is 0 Å².